The molecule has 1 aliphatic carbocycles. The van der Waals surface area contributed by atoms with Gasteiger partial charge in [0.05, 0.1) is 0 Å². The Hall–Kier alpha value is -0.770. The Morgan fingerprint density at radius 3 is 2.21 bits per heavy atom. The van der Waals surface area contributed by atoms with Crippen LogP contribution in [0.1, 0.15) is 91.4 Å². The van der Waals surface area contributed by atoms with E-state index in [-0.39, 0.29) is 0 Å². The predicted octanol–water partition coefficient (Wildman–Crippen LogP) is 5.63. The van der Waals surface area contributed by atoms with Gasteiger partial charge in [-0.1, -0.05) is 59.3 Å². The fourth-order valence-electron chi connectivity index (χ4n) is 4.56. The van der Waals surface area contributed by atoms with Crippen molar-refractivity contribution < 1.29 is 19.7 Å². The summed E-state index contributed by atoms with van der Waals surface area (Å²) >= 11 is 0. The number of hydrogen-bond donors (Lipinski definition) is 2. The zero-order valence-electron chi connectivity index (χ0n) is 15.9. The van der Waals surface area contributed by atoms with Crippen molar-refractivity contribution in [3.8, 4) is 0 Å². The van der Waals surface area contributed by atoms with Crippen molar-refractivity contribution in [3.05, 3.63) is 0 Å². The molecule has 24 heavy (non-hydrogen) atoms. The van der Waals surface area contributed by atoms with E-state index in [1.165, 1.54) is 25.7 Å². The molecule has 4 heteroatoms. The molecule has 142 valence electrons. The third kappa shape index (κ3) is 7.00. The van der Waals surface area contributed by atoms with Crippen LogP contribution < -0.4 is 0 Å². The van der Waals surface area contributed by atoms with Crippen LogP contribution in [-0.4, -0.2) is 28.6 Å². The molecule has 0 aromatic carbocycles. The minimum Gasteiger partial charge on any atom is -0.450 e. The zero-order chi connectivity index (χ0) is 18.0. The molecule has 1 rings (SSSR count). The van der Waals surface area contributed by atoms with Crippen LogP contribution >= 0.6 is 0 Å². The van der Waals surface area contributed by atoms with E-state index in [9.17, 15) is 9.90 Å². The van der Waals surface area contributed by atoms with Gasteiger partial charge in [-0.15, -0.1) is 0 Å². The molecular weight excluding hydrogens is 304 g/mol. The third-order valence-corrected chi connectivity index (χ3v) is 5.69. The van der Waals surface area contributed by atoms with Gasteiger partial charge in [0, 0.05) is 12.5 Å². The second kappa shape index (κ2) is 11.0. The van der Waals surface area contributed by atoms with Crippen molar-refractivity contribution in [2.75, 3.05) is 6.61 Å². The fourth-order valence-corrected chi connectivity index (χ4v) is 4.56. The van der Waals surface area contributed by atoms with E-state index in [2.05, 4.69) is 20.8 Å². The average molecular weight is 343 g/mol. The predicted molar refractivity (Wildman–Crippen MR) is 97.2 cm³/mol. The Labute approximate surface area is 148 Å². The summed E-state index contributed by atoms with van der Waals surface area (Å²) in [5, 5.41) is 18.1. The van der Waals surface area contributed by atoms with Gasteiger partial charge in [0.15, 0.2) is 0 Å². The zero-order valence-corrected chi connectivity index (χ0v) is 15.9. The van der Waals surface area contributed by atoms with E-state index in [1.54, 1.807) is 0 Å². The number of aliphatic hydroxyl groups excluding tert-OH is 1. The van der Waals surface area contributed by atoms with Crippen LogP contribution in [0.4, 0.5) is 4.79 Å². The first-order valence-corrected chi connectivity index (χ1v) is 9.94. The third-order valence-electron chi connectivity index (χ3n) is 5.69. The lowest BCUT2D eigenvalue weighted by Gasteiger charge is -2.47. The quantitative estimate of drug-likeness (QED) is 0.377. The molecule has 0 aromatic heterocycles. The Balaban J connectivity index is 2.52. The van der Waals surface area contributed by atoms with Crippen molar-refractivity contribution in [2.24, 2.45) is 17.8 Å². The minimum atomic E-state index is -1.11. The van der Waals surface area contributed by atoms with Gasteiger partial charge >= 0.3 is 6.16 Å². The highest BCUT2D eigenvalue weighted by Gasteiger charge is 2.47. The molecule has 0 radical (unpaired) electrons. The maximum atomic E-state index is 11.3. The highest BCUT2D eigenvalue weighted by molar-refractivity contribution is 5.57. The standard InChI is InChI=1S/C20H38O4/c1-16(2)18-12-11-17(3)15-20(18,24-19(22)23)13-9-7-5-4-6-8-10-14-21/h16-18,21H,4-15H2,1-3H3,(H,22,23). The van der Waals surface area contributed by atoms with Crippen molar-refractivity contribution in [2.45, 2.75) is 97.0 Å². The van der Waals surface area contributed by atoms with Gasteiger partial charge in [0.1, 0.15) is 5.60 Å². The molecule has 3 unspecified atom stereocenters. The minimum absolute atomic E-state index is 0.295. The van der Waals surface area contributed by atoms with Crippen LogP contribution in [0.3, 0.4) is 0 Å². The van der Waals surface area contributed by atoms with Gasteiger partial charge in [-0.05, 0) is 43.9 Å². The Kier molecular flexibility index (Phi) is 9.72. The molecule has 0 saturated heterocycles. The first-order valence-electron chi connectivity index (χ1n) is 9.94. The van der Waals surface area contributed by atoms with Crippen LogP contribution in [0.25, 0.3) is 0 Å². The molecule has 1 fully saturated rings. The number of carboxylic acid groups (broad SMARTS) is 1. The second-order valence-electron chi connectivity index (χ2n) is 8.12. The normalized spacial score (nSPS) is 27.4. The Morgan fingerprint density at radius 1 is 1.08 bits per heavy atom. The first kappa shape index (κ1) is 21.3. The van der Waals surface area contributed by atoms with Gasteiger partial charge in [-0.25, -0.2) is 4.79 Å². The van der Waals surface area contributed by atoms with E-state index < -0.39 is 11.8 Å². The van der Waals surface area contributed by atoms with Crippen molar-refractivity contribution >= 4 is 6.16 Å². The van der Waals surface area contributed by atoms with Gasteiger partial charge in [0.2, 0.25) is 0 Å². The van der Waals surface area contributed by atoms with Crippen LogP contribution in [0, 0.1) is 17.8 Å². The Bertz CT molecular complexity index is 356. The highest BCUT2D eigenvalue weighted by Crippen LogP contribution is 2.46. The molecule has 4 nitrogen and oxygen atoms in total. The summed E-state index contributed by atoms with van der Waals surface area (Å²) in [6, 6.07) is 0. The number of carbonyl (C=O) groups is 1. The summed E-state index contributed by atoms with van der Waals surface area (Å²) in [6.07, 6.45) is 10.7. The number of aliphatic hydroxyl groups is 1. The topological polar surface area (TPSA) is 66.8 Å². The molecule has 2 N–H and O–H groups in total. The molecule has 0 amide bonds. The van der Waals surface area contributed by atoms with Crippen molar-refractivity contribution in [1.29, 1.82) is 0 Å². The molecule has 0 aromatic rings. The summed E-state index contributed by atoms with van der Waals surface area (Å²) in [5.41, 5.74) is -0.478. The molecule has 1 aliphatic rings. The van der Waals surface area contributed by atoms with E-state index in [0.717, 1.165) is 44.9 Å². The van der Waals surface area contributed by atoms with Crippen LogP contribution in [0.2, 0.25) is 0 Å². The van der Waals surface area contributed by atoms with Crippen LogP contribution in [-0.2, 0) is 4.74 Å². The number of unbranched alkanes of at least 4 members (excludes halogenated alkanes) is 6. The smallest absolute Gasteiger partial charge is 0.450 e. The van der Waals surface area contributed by atoms with E-state index in [4.69, 9.17) is 9.84 Å². The van der Waals surface area contributed by atoms with E-state index in [0.29, 0.717) is 24.4 Å². The molecule has 1 saturated carbocycles. The molecule has 0 aliphatic heterocycles. The van der Waals surface area contributed by atoms with Crippen LogP contribution in [0.5, 0.6) is 0 Å². The summed E-state index contributed by atoms with van der Waals surface area (Å²) in [5.74, 6) is 1.34. The number of ether oxygens (including phenoxy) is 1. The van der Waals surface area contributed by atoms with Crippen molar-refractivity contribution in [3.63, 3.8) is 0 Å². The SMILES string of the molecule is CC1CCC(C(C)C)C(CCCCCCCCCO)(OC(=O)O)C1. The van der Waals surface area contributed by atoms with Gasteiger partial charge in [-0.3, -0.25) is 0 Å². The maximum absolute atomic E-state index is 11.3. The molecule has 0 bridgehead atoms. The lowest BCUT2D eigenvalue weighted by molar-refractivity contribution is -0.108. The van der Waals surface area contributed by atoms with E-state index >= 15 is 0 Å². The first-order chi connectivity index (χ1) is 11.4. The lowest BCUT2D eigenvalue weighted by atomic mass is 9.65. The molecule has 0 heterocycles. The van der Waals surface area contributed by atoms with Gasteiger partial charge < -0.3 is 14.9 Å². The monoisotopic (exact) mass is 342 g/mol. The van der Waals surface area contributed by atoms with Crippen molar-refractivity contribution in [1.82, 2.24) is 0 Å². The fraction of sp³-hybridized carbons (Fsp3) is 0.950. The highest BCUT2D eigenvalue weighted by atomic mass is 16.7. The molecule has 0 spiro atoms. The van der Waals surface area contributed by atoms with Gasteiger partial charge in [0.25, 0.3) is 0 Å². The summed E-state index contributed by atoms with van der Waals surface area (Å²) in [4.78, 5) is 11.3. The summed E-state index contributed by atoms with van der Waals surface area (Å²) in [7, 11) is 0. The average Bonchev–Trinajstić information content (AvgIpc) is 2.49. The number of hydrogen-bond acceptors (Lipinski definition) is 3. The second-order valence-corrected chi connectivity index (χ2v) is 8.12. The lowest BCUT2D eigenvalue weighted by Crippen LogP contribution is -2.48. The summed E-state index contributed by atoms with van der Waals surface area (Å²) in [6.45, 7) is 6.91. The van der Waals surface area contributed by atoms with Gasteiger partial charge in [-0.2, -0.15) is 0 Å². The largest absolute Gasteiger partial charge is 0.506 e. The van der Waals surface area contributed by atoms with E-state index in [1.807, 2.05) is 0 Å². The molecular formula is C20H38O4. The molecule has 3 atom stereocenters. The van der Waals surface area contributed by atoms with Crippen LogP contribution in [0.15, 0.2) is 0 Å². The maximum Gasteiger partial charge on any atom is 0.506 e. The summed E-state index contributed by atoms with van der Waals surface area (Å²) < 4.78 is 5.57. The number of rotatable bonds is 11. The Morgan fingerprint density at radius 2 is 1.67 bits per heavy atom.